The number of sulfonamides is 1. The van der Waals surface area contributed by atoms with E-state index < -0.39 is 15.8 Å². The Labute approximate surface area is 134 Å². The van der Waals surface area contributed by atoms with Crippen LogP contribution in [0.3, 0.4) is 0 Å². The lowest BCUT2D eigenvalue weighted by molar-refractivity contribution is -0.120. The van der Waals surface area contributed by atoms with E-state index in [0.717, 1.165) is 0 Å². The molecular formula is C16H17FN2O3S. The molecule has 2 aromatic carbocycles. The molecule has 2 rings (SSSR count). The quantitative estimate of drug-likeness (QED) is 0.752. The zero-order valence-corrected chi connectivity index (χ0v) is 13.1. The van der Waals surface area contributed by atoms with Crippen molar-refractivity contribution in [2.75, 3.05) is 13.1 Å². The molecule has 0 bridgehead atoms. The molecule has 2 aromatic rings. The van der Waals surface area contributed by atoms with Gasteiger partial charge in [0.25, 0.3) is 0 Å². The number of carbonyl (C=O) groups is 1. The fraction of sp³-hybridized carbons (Fsp3) is 0.188. The highest BCUT2D eigenvalue weighted by Gasteiger charge is 2.12. The summed E-state index contributed by atoms with van der Waals surface area (Å²) in [4.78, 5) is 11.9. The van der Waals surface area contributed by atoms with Gasteiger partial charge in [0.2, 0.25) is 15.9 Å². The second kappa shape index (κ2) is 7.85. The molecule has 0 aliphatic rings. The molecule has 0 saturated carbocycles. The number of hydrogen-bond donors (Lipinski definition) is 2. The Morgan fingerprint density at radius 2 is 1.74 bits per heavy atom. The minimum atomic E-state index is -3.57. The van der Waals surface area contributed by atoms with Crippen LogP contribution in [-0.2, 0) is 21.2 Å². The summed E-state index contributed by atoms with van der Waals surface area (Å²) in [6.07, 6.45) is 0.0448. The third-order valence-electron chi connectivity index (χ3n) is 3.05. The van der Waals surface area contributed by atoms with E-state index in [1.165, 1.54) is 30.3 Å². The zero-order chi connectivity index (χ0) is 16.7. The first kappa shape index (κ1) is 17.1. The smallest absolute Gasteiger partial charge is 0.240 e. The van der Waals surface area contributed by atoms with Gasteiger partial charge in [0.05, 0.1) is 11.3 Å². The monoisotopic (exact) mass is 336 g/mol. The lowest BCUT2D eigenvalue weighted by Crippen LogP contribution is -2.35. The van der Waals surface area contributed by atoms with Crippen LogP contribution in [0.15, 0.2) is 59.5 Å². The average molecular weight is 336 g/mol. The molecule has 0 saturated heterocycles. The molecule has 23 heavy (non-hydrogen) atoms. The highest BCUT2D eigenvalue weighted by atomic mass is 32.2. The van der Waals surface area contributed by atoms with Gasteiger partial charge < -0.3 is 5.32 Å². The van der Waals surface area contributed by atoms with Crippen LogP contribution in [0.1, 0.15) is 5.56 Å². The topological polar surface area (TPSA) is 75.3 Å². The molecular weight excluding hydrogens is 319 g/mol. The summed E-state index contributed by atoms with van der Waals surface area (Å²) in [5.74, 6) is -0.694. The number of benzene rings is 2. The molecule has 122 valence electrons. The number of hydrogen-bond acceptors (Lipinski definition) is 3. The highest BCUT2D eigenvalue weighted by molar-refractivity contribution is 7.89. The molecule has 0 unspecified atom stereocenters. The largest absolute Gasteiger partial charge is 0.355 e. The molecule has 0 fully saturated rings. The minimum Gasteiger partial charge on any atom is -0.355 e. The number of rotatable bonds is 7. The summed E-state index contributed by atoms with van der Waals surface area (Å²) in [5, 5.41) is 2.59. The molecule has 2 N–H and O–H groups in total. The third kappa shape index (κ3) is 5.46. The van der Waals surface area contributed by atoms with Crippen LogP contribution in [0.25, 0.3) is 0 Å². The maximum atomic E-state index is 13.0. The van der Waals surface area contributed by atoms with Crippen LogP contribution in [0.2, 0.25) is 0 Å². The first-order chi connectivity index (χ1) is 11.0. The molecule has 0 spiro atoms. The molecule has 0 radical (unpaired) electrons. The van der Waals surface area contributed by atoms with E-state index in [9.17, 15) is 17.6 Å². The number of amides is 1. The lowest BCUT2D eigenvalue weighted by Gasteiger charge is -2.08. The van der Waals surface area contributed by atoms with Crippen LogP contribution in [0.4, 0.5) is 4.39 Å². The predicted octanol–water partition coefficient (Wildman–Crippen LogP) is 1.46. The third-order valence-corrected chi connectivity index (χ3v) is 4.52. The fourth-order valence-corrected chi connectivity index (χ4v) is 3.02. The highest BCUT2D eigenvalue weighted by Crippen LogP contribution is 2.06. The maximum absolute atomic E-state index is 13.0. The summed E-state index contributed by atoms with van der Waals surface area (Å²) in [6.45, 7) is 0.229. The van der Waals surface area contributed by atoms with Crippen LogP contribution in [0, 0.1) is 5.82 Å². The normalized spacial score (nSPS) is 11.2. The first-order valence-electron chi connectivity index (χ1n) is 7.03. The van der Waals surface area contributed by atoms with Crippen molar-refractivity contribution in [3.8, 4) is 0 Å². The van der Waals surface area contributed by atoms with E-state index in [1.807, 2.05) is 0 Å². The van der Waals surface area contributed by atoms with Crippen molar-refractivity contribution in [2.45, 2.75) is 11.3 Å². The SMILES string of the molecule is O=C(Cc1cccc(F)c1)NCCNS(=O)(=O)c1ccccc1. The van der Waals surface area contributed by atoms with Gasteiger partial charge in [-0.15, -0.1) is 0 Å². The van der Waals surface area contributed by atoms with E-state index in [4.69, 9.17) is 0 Å². The molecule has 0 aliphatic carbocycles. The van der Waals surface area contributed by atoms with Gasteiger partial charge in [-0.3, -0.25) is 4.79 Å². The van der Waals surface area contributed by atoms with Gasteiger partial charge in [-0.1, -0.05) is 30.3 Å². The standard InChI is InChI=1S/C16H17FN2O3S/c17-14-6-4-5-13(11-14)12-16(20)18-9-10-19-23(21,22)15-7-2-1-3-8-15/h1-8,11,19H,9-10,12H2,(H,18,20). The van der Waals surface area contributed by atoms with E-state index >= 15 is 0 Å². The Morgan fingerprint density at radius 3 is 2.43 bits per heavy atom. The fourth-order valence-electron chi connectivity index (χ4n) is 1.97. The second-order valence-corrected chi connectivity index (χ2v) is 6.63. The maximum Gasteiger partial charge on any atom is 0.240 e. The Morgan fingerprint density at radius 1 is 1.00 bits per heavy atom. The van der Waals surface area contributed by atoms with Gasteiger partial charge in [0.15, 0.2) is 0 Å². The van der Waals surface area contributed by atoms with E-state index in [0.29, 0.717) is 5.56 Å². The second-order valence-electron chi connectivity index (χ2n) is 4.87. The Hall–Kier alpha value is -2.25. The summed E-state index contributed by atoms with van der Waals surface area (Å²) in [6, 6.07) is 13.8. The molecule has 5 nitrogen and oxygen atoms in total. The van der Waals surface area contributed by atoms with Gasteiger partial charge in [-0.25, -0.2) is 17.5 Å². The van der Waals surface area contributed by atoms with Crippen molar-refractivity contribution in [3.05, 3.63) is 66.0 Å². The minimum absolute atomic E-state index is 0.0448. The molecule has 0 aromatic heterocycles. The Kier molecular flexibility index (Phi) is 5.84. The van der Waals surface area contributed by atoms with E-state index in [-0.39, 0.29) is 30.3 Å². The van der Waals surface area contributed by atoms with Gasteiger partial charge in [-0.05, 0) is 29.8 Å². The Bertz CT molecular complexity index is 764. The van der Waals surface area contributed by atoms with Crippen LogP contribution in [0.5, 0.6) is 0 Å². The van der Waals surface area contributed by atoms with Crippen LogP contribution >= 0.6 is 0 Å². The zero-order valence-electron chi connectivity index (χ0n) is 12.3. The average Bonchev–Trinajstić information content (AvgIpc) is 2.52. The van der Waals surface area contributed by atoms with Crippen molar-refractivity contribution in [1.82, 2.24) is 10.0 Å². The first-order valence-corrected chi connectivity index (χ1v) is 8.51. The van der Waals surface area contributed by atoms with Gasteiger partial charge in [0, 0.05) is 13.1 Å². The van der Waals surface area contributed by atoms with Gasteiger partial charge in [-0.2, -0.15) is 0 Å². The van der Waals surface area contributed by atoms with E-state index in [2.05, 4.69) is 10.0 Å². The predicted molar refractivity (Wildman–Crippen MR) is 84.7 cm³/mol. The van der Waals surface area contributed by atoms with Crippen LogP contribution < -0.4 is 10.0 Å². The van der Waals surface area contributed by atoms with Gasteiger partial charge >= 0.3 is 0 Å². The molecule has 0 heterocycles. The van der Waals surface area contributed by atoms with E-state index in [1.54, 1.807) is 24.3 Å². The summed E-state index contributed by atoms with van der Waals surface area (Å²) >= 11 is 0. The number of nitrogens with one attached hydrogen (secondary N) is 2. The Balaban J connectivity index is 1.76. The number of carbonyl (C=O) groups excluding carboxylic acids is 1. The summed E-state index contributed by atoms with van der Waals surface area (Å²) in [7, 11) is -3.57. The van der Waals surface area contributed by atoms with Crippen molar-refractivity contribution in [3.63, 3.8) is 0 Å². The lowest BCUT2D eigenvalue weighted by atomic mass is 10.1. The molecule has 1 amide bonds. The van der Waals surface area contributed by atoms with Crippen molar-refractivity contribution in [1.29, 1.82) is 0 Å². The van der Waals surface area contributed by atoms with Crippen molar-refractivity contribution < 1.29 is 17.6 Å². The molecule has 0 aliphatic heterocycles. The molecule has 7 heteroatoms. The summed E-state index contributed by atoms with van der Waals surface area (Å²) in [5.41, 5.74) is 0.562. The molecule has 0 atom stereocenters. The van der Waals surface area contributed by atoms with Crippen LogP contribution in [-0.4, -0.2) is 27.4 Å². The van der Waals surface area contributed by atoms with Gasteiger partial charge in [0.1, 0.15) is 5.82 Å². The number of halogens is 1. The van der Waals surface area contributed by atoms with Crippen molar-refractivity contribution >= 4 is 15.9 Å². The van der Waals surface area contributed by atoms with Crippen molar-refractivity contribution in [2.24, 2.45) is 0 Å². The summed E-state index contributed by atoms with van der Waals surface area (Å²) < 4.78 is 39.3.